The molecule has 140 valence electrons. The van der Waals surface area contributed by atoms with Crippen LogP contribution in [0.3, 0.4) is 0 Å². The van der Waals surface area contributed by atoms with Crippen molar-refractivity contribution >= 4 is 40.9 Å². The van der Waals surface area contributed by atoms with E-state index in [9.17, 15) is 18.0 Å². The number of pyridine rings is 1. The van der Waals surface area contributed by atoms with Crippen molar-refractivity contribution in [1.82, 2.24) is 10.3 Å². The molecule has 0 atom stereocenters. The molecule has 0 aliphatic carbocycles. The Morgan fingerprint density at radius 2 is 1.92 bits per heavy atom. The van der Waals surface area contributed by atoms with Crippen LogP contribution in [0.2, 0.25) is 10.0 Å². The largest absolute Gasteiger partial charge is 0.484 e. The fraction of sp³-hybridized carbons (Fsp3) is 0.250. The molecule has 1 amide bonds. The summed E-state index contributed by atoms with van der Waals surface area (Å²) in [6, 6.07) is 7.40. The van der Waals surface area contributed by atoms with Crippen molar-refractivity contribution in [3.05, 3.63) is 52.1 Å². The molecule has 0 saturated heterocycles. The number of nitrogens with zero attached hydrogens (tertiary/aromatic N) is 1. The van der Waals surface area contributed by atoms with Gasteiger partial charge >= 0.3 is 6.18 Å². The average Bonchev–Trinajstić information content (AvgIpc) is 2.58. The van der Waals surface area contributed by atoms with Gasteiger partial charge in [-0.1, -0.05) is 23.2 Å². The highest BCUT2D eigenvalue weighted by molar-refractivity contribution is 7.99. The number of hydrogen-bond acceptors (Lipinski definition) is 4. The lowest BCUT2D eigenvalue weighted by molar-refractivity contribution is -0.137. The summed E-state index contributed by atoms with van der Waals surface area (Å²) in [7, 11) is 0. The zero-order valence-electron chi connectivity index (χ0n) is 13.1. The van der Waals surface area contributed by atoms with Crippen LogP contribution < -0.4 is 10.1 Å². The first kappa shape index (κ1) is 20.7. The van der Waals surface area contributed by atoms with E-state index in [-0.39, 0.29) is 29.1 Å². The van der Waals surface area contributed by atoms with Crippen molar-refractivity contribution in [2.75, 3.05) is 18.9 Å². The van der Waals surface area contributed by atoms with Gasteiger partial charge in [-0.3, -0.25) is 4.79 Å². The molecule has 1 N–H and O–H groups in total. The summed E-state index contributed by atoms with van der Waals surface area (Å²) in [4.78, 5) is 15.4. The lowest BCUT2D eigenvalue weighted by Crippen LogP contribution is -2.30. The summed E-state index contributed by atoms with van der Waals surface area (Å²) in [6.45, 7) is 0.123. The molecule has 0 aliphatic rings. The van der Waals surface area contributed by atoms with E-state index in [1.54, 1.807) is 24.3 Å². The van der Waals surface area contributed by atoms with Crippen molar-refractivity contribution in [3.63, 3.8) is 0 Å². The Kier molecular flexibility index (Phi) is 7.43. The van der Waals surface area contributed by atoms with Crippen LogP contribution in [0.1, 0.15) is 5.56 Å². The summed E-state index contributed by atoms with van der Waals surface area (Å²) >= 11 is 12.7. The lowest BCUT2D eigenvalue weighted by Gasteiger charge is -2.09. The van der Waals surface area contributed by atoms with Gasteiger partial charge in [0.25, 0.3) is 5.91 Å². The van der Waals surface area contributed by atoms with Gasteiger partial charge in [-0.25, -0.2) is 4.98 Å². The number of carbonyl (C=O) groups is 1. The molecule has 0 unspecified atom stereocenters. The second-order valence-electron chi connectivity index (χ2n) is 4.95. The zero-order chi connectivity index (χ0) is 19.2. The summed E-state index contributed by atoms with van der Waals surface area (Å²) in [5.74, 6) is 0.580. The lowest BCUT2D eigenvalue weighted by atomic mass is 10.3. The van der Waals surface area contributed by atoms with E-state index in [2.05, 4.69) is 10.3 Å². The van der Waals surface area contributed by atoms with Crippen LogP contribution in [-0.2, 0) is 11.0 Å². The minimum absolute atomic E-state index is 0.0813. The van der Waals surface area contributed by atoms with E-state index in [0.717, 1.165) is 24.0 Å². The van der Waals surface area contributed by atoms with Crippen LogP contribution in [0, 0.1) is 0 Å². The number of carbonyl (C=O) groups excluding carboxylic acids is 1. The van der Waals surface area contributed by atoms with E-state index >= 15 is 0 Å². The quantitative estimate of drug-likeness (QED) is 0.517. The van der Waals surface area contributed by atoms with E-state index < -0.39 is 11.7 Å². The van der Waals surface area contributed by atoms with Gasteiger partial charge in [0.1, 0.15) is 10.8 Å². The van der Waals surface area contributed by atoms with Crippen molar-refractivity contribution < 1.29 is 22.7 Å². The predicted molar refractivity (Wildman–Crippen MR) is 94.9 cm³/mol. The van der Waals surface area contributed by atoms with E-state index in [0.29, 0.717) is 16.5 Å². The normalized spacial score (nSPS) is 11.3. The van der Waals surface area contributed by atoms with Gasteiger partial charge in [0.15, 0.2) is 6.61 Å². The number of alkyl halides is 3. The monoisotopic (exact) mass is 424 g/mol. The molecule has 0 bridgehead atoms. The van der Waals surface area contributed by atoms with Crippen LogP contribution in [-0.4, -0.2) is 29.8 Å². The number of nitrogens with one attached hydrogen (secondary N) is 1. The molecule has 0 saturated carbocycles. The van der Waals surface area contributed by atoms with E-state index in [1.807, 2.05) is 0 Å². The molecular weight excluding hydrogens is 412 g/mol. The molecule has 0 radical (unpaired) electrons. The number of benzene rings is 1. The first-order chi connectivity index (χ1) is 12.3. The molecule has 4 nitrogen and oxygen atoms in total. The first-order valence-corrected chi connectivity index (χ1v) is 9.00. The van der Waals surface area contributed by atoms with Crippen molar-refractivity contribution in [2.24, 2.45) is 0 Å². The van der Waals surface area contributed by atoms with Crippen LogP contribution >= 0.6 is 35.0 Å². The van der Waals surface area contributed by atoms with Gasteiger partial charge in [-0.15, -0.1) is 11.8 Å². The molecule has 1 aromatic carbocycles. The maximum Gasteiger partial charge on any atom is 0.417 e. The average molecular weight is 425 g/mol. The number of rotatable bonds is 7. The third kappa shape index (κ3) is 6.59. The molecular formula is C16H13Cl2F3N2O2S. The third-order valence-corrected chi connectivity index (χ3v) is 4.64. The fourth-order valence-electron chi connectivity index (χ4n) is 1.76. The molecule has 1 heterocycles. The Labute approximate surface area is 162 Å². The molecule has 2 aromatic rings. The highest BCUT2D eigenvalue weighted by Gasteiger charge is 2.31. The Balaban J connectivity index is 1.71. The van der Waals surface area contributed by atoms with Crippen molar-refractivity contribution in [1.29, 1.82) is 0 Å². The molecule has 0 aliphatic heterocycles. The number of amides is 1. The smallest absolute Gasteiger partial charge is 0.417 e. The highest BCUT2D eigenvalue weighted by atomic mass is 35.5. The van der Waals surface area contributed by atoms with Crippen LogP contribution in [0.25, 0.3) is 0 Å². The molecule has 0 fully saturated rings. The predicted octanol–water partition coefficient (Wildman–Crippen LogP) is 4.69. The minimum atomic E-state index is -4.49. The van der Waals surface area contributed by atoms with Crippen LogP contribution in [0.4, 0.5) is 13.2 Å². The van der Waals surface area contributed by atoms with Crippen LogP contribution in [0.15, 0.2) is 41.6 Å². The highest BCUT2D eigenvalue weighted by Crippen LogP contribution is 2.33. The fourth-order valence-corrected chi connectivity index (χ4v) is 2.93. The van der Waals surface area contributed by atoms with Gasteiger partial charge in [-0.2, -0.15) is 13.2 Å². The van der Waals surface area contributed by atoms with Crippen molar-refractivity contribution in [3.8, 4) is 5.75 Å². The number of ether oxygens (including phenoxy) is 1. The Hall–Kier alpha value is -1.64. The van der Waals surface area contributed by atoms with E-state index in [1.165, 1.54) is 0 Å². The molecule has 0 spiro atoms. The van der Waals surface area contributed by atoms with Gasteiger partial charge < -0.3 is 10.1 Å². The topological polar surface area (TPSA) is 51.2 Å². The first-order valence-electron chi connectivity index (χ1n) is 7.26. The Bertz CT molecular complexity index is 758. The Morgan fingerprint density at radius 1 is 1.23 bits per heavy atom. The summed E-state index contributed by atoms with van der Waals surface area (Å²) < 4.78 is 42.9. The number of halogens is 5. The number of hydrogen-bond donors (Lipinski definition) is 1. The second kappa shape index (κ2) is 9.34. The summed E-state index contributed by atoms with van der Waals surface area (Å²) in [5, 5.41) is 3.38. The maximum absolute atomic E-state index is 12.5. The number of aromatic nitrogens is 1. The SMILES string of the molecule is O=C(COc1ccc(Cl)cc1)NCCSc1ncc(C(F)(F)F)cc1Cl. The minimum Gasteiger partial charge on any atom is -0.484 e. The molecule has 10 heteroatoms. The van der Waals surface area contributed by atoms with Crippen molar-refractivity contribution in [2.45, 2.75) is 11.2 Å². The van der Waals surface area contributed by atoms with Gasteiger partial charge in [0.2, 0.25) is 0 Å². The summed E-state index contributed by atoms with van der Waals surface area (Å²) in [6.07, 6.45) is -3.76. The zero-order valence-corrected chi connectivity index (χ0v) is 15.5. The maximum atomic E-state index is 12.5. The Morgan fingerprint density at radius 3 is 2.54 bits per heavy atom. The number of thioether (sulfide) groups is 1. The molecule has 26 heavy (non-hydrogen) atoms. The van der Waals surface area contributed by atoms with Gasteiger partial charge in [-0.05, 0) is 30.3 Å². The van der Waals surface area contributed by atoms with Crippen LogP contribution in [0.5, 0.6) is 5.75 Å². The van der Waals surface area contributed by atoms with Gasteiger partial charge in [0, 0.05) is 23.5 Å². The molecule has 1 aromatic heterocycles. The van der Waals surface area contributed by atoms with Gasteiger partial charge in [0.05, 0.1) is 10.6 Å². The summed E-state index contributed by atoms with van der Waals surface area (Å²) in [5.41, 5.74) is -0.903. The van der Waals surface area contributed by atoms with E-state index in [4.69, 9.17) is 27.9 Å². The second-order valence-corrected chi connectivity index (χ2v) is 6.88. The molecule has 2 rings (SSSR count). The third-order valence-electron chi connectivity index (χ3n) is 2.98. The standard InChI is InChI=1S/C16H13Cl2F3N2O2S/c17-11-1-3-12(4-2-11)25-9-14(24)22-5-6-26-15-13(18)7-10(8-23-15)16(19,20)21/h1-4,7-8H,5-6,9H2,(H,22,24).